The van der Waals surface area contributed by atoms with Crippen LogP contribution in [0.3, 0.4) is 0 Å². The Labute approximate surface area is 96.7 Å². The van der Waals surface area contributed by atoms with E-state index in [4.69, 9.17) is 4.74 Å². The van der Waals surface area contributed by atoms with Crippen LogP contribution in [0.1, 0.15) is 46.5 Å². The maximum atomic E-state index is 11.5. The van der Waals surface area contributed by atoms with Crippen LogP contribution >= 0.6 is 0 Å². The summed E-state index contributed by atoms with van der Waals surface area (Å²) in [4.78, 5) is 22.4. The number of nitrogens with one attached hydrogen (secondary N) is 1. The van der Waals surface area contributed by atoms with Crippen LogP contribution in [-0.4, -0.2) is 24.0 Å². The Hall–Kier alpha value is -1.06. The Morgan fingerprint density at radius 3 is 2.50 bits per heavy atom. The zero-order chi connectivity index (χ0) is 12.2. The van der Waals surface area contributed by atoms with Gasteiger partial charge in [-0.1, -0.05) is 12.8 Å². The third-order valence-electron chi connectivity index (χ3n) is 2.70. The van der Waals surface area contributed by atoms with Gasteiger partial charge in [-0.25, -0.2) is 4.79 Å². The molecule has 4 heteroatoms. The van der Waals surface area contributed by atoms with E-state index in [1.54, 1.807) is 0 Å². The first-order valence-electron chi connectivity index (χ1n) is 5.87. The molecule has 0 aromatic rings. The minimum Gasteiger partial charge on any atom is -0.444 e. The van der Waals surface area contributed by atoms with Gasteiger partial charge in [-0.15, -0.1) is 0 Å². The fraction of sp³-hybridized carbons (Fsp3) is 0.833. The van der Waals surface area contributed by atoms with Crippen molar-refractivity contribution in [1.29, 1.82) is 0 Å². The third kappa shape index (κ3) is 4.21. The monoisotopic (exact) mass is 227 g/mol. The molecule has 1 aliphatic carbocycles. The maximum Gasteiger partial charge on any atom is 0.407 e. The van der Waals surface area contributed by atoms with Crippen LogP contribution in [0.2, 0.25) is 0 Å². The molecule has 1 fully saturated rings. The van der Waals surface area contributed by atoms with Gasteiger partial charge in [-0.3, -0.25) is 0 Å². The molecule has 1 rings (SSSR count). The first-order valence-corrected chi connectivity index (χ1v) is 5.87. The van der Waals surface area contributed by atoms with Gasteiger partial charge in [-0.2, -0.15) is 0 Å². The Bertz CT molecular complexity index is 257. The number of hydrogen-bond donors (Lipinski definition) is 1. The number of rotatable bonds is 2. The zero-order valence-corrected chi connectivity index (χ0v) is 10.3. The van der Waals surface area contributed by atoms with Crippen molar-refractivity contribution in [2.75, 3.05) is 0 Å². The molecule has 1 unspecified atom stereocenters. The van der Waals surface area contributed by atoms with Crippen molar-refractivity contribution in [2.45, 2.75) is 58.1 Å². The predicted octanol–water partition coefficient (Wildman–Crippen LogP) is 2.27. The molecule has 1 aliphatic rings. The summed E-state index contributed by atoms with van der Waals surface area (Å²) in [6.45, 7) is 5.47. The van der Waals surface area contributed by atoms with E-state index in [1.165, 1.54) is 0 Å². The molecule has 16 heavy (non-hydrogen) atoms. The van der Waals surface area contributed by atoms with Crippen LogP contribution in [0.4, 0.5) is 4.79 Å². The lowest BCUT2D eigenvalue weighted by atomic mass is 9.86. The molecule has 0 aromatic heterocycles. The Kier molecular flexibility index (Phi) is 4.33. The minimum atomic E-state index is -0.491. The molecule has 2 atom stereocenters. The molecule has 1 saturated carbocycles. The van der Waals surface area contributed by atoms with E-state index in [0.717, 1.165) is 32.0 Å². The van der Waals surface area contributed by atoms with Crippen molar-refractivity contribution < 1.29 is 14.3 Å². The second-order valence-electron chi connectivity index (χ2n) is 5.34. The van der Waals surface area contributed by atoms with Crippen molar-refractivity contribution in [2.24, 2.45) is 5.92 Å². The molecule has 1 N–H and O–H groups in total. The summed E-state index contributed by atoms with van der Waals surface area (Å²) >= 11 is 0. The molecule has 0 aromatic carbocycles. The van der Waals surface area contributed by atoms with Crippen molar-refractivity contribution >= 4 is 12.4 Å². The minimum absolute atomic E-state index is 0.0544. The molecule has 0 aliphatic heterocycles. The van der Waals surface area contributed by atoms with Gasteiger partial charge in [0.2, 0.25) is 0 Å². The van der Waals surface area contributed by atoms with E-state index < -0.39 is 11.7 Å². The molecular weight excluding hydrogens is 206 g/mol. The van der Waals surface area contributed by atoms with Crippen LogP contribution in [0.15, 0.2) is 0 Å². The van der Waals surface area contributed by atoms with Crippen LogP contribution in [0, 0.1) is 5.92 Å². The van der Waals surface area contributed by atoms with Crippen molar-refractivity contribution in [3.63, 3.8) is 0 Å². The summed E-state index contributed by atoms with van der Waals surface area (Å²) < 4.78 is 5.17. The van der Waals surface area contributed by atoms with Crippen LogP contribution in [-0.2, 0) is 9.53 Å². The second-order valence-corrected chi connectivity index (χ2v) is 5.34. The first-order chi connectivity index (χ1) is 7.42. The van der Waals surface area contributed by atoms with Crippen molar-refractivity contribution in [1.82, 2.24) is 5.32 Å². The van der Waals surface area contributed by atoms with E-state index in [1.807, 2.05) is 20.8 Å². The highest BCUT2D eigenvalue weighted by molar-refractivity contribution is 5.69. The highest BCUT2D eigenvalue weighted by Gasteiger charge is 2.27. The van der Waals surface area contributed by atoms with Gasteiger partial charge in [0.05, 0.1) is 0 Å². The van der Waals surface area contributed by atoms with Crippen LogP contribution in [0.25, 0.3) is 0 Å². The normalized spacial score (nSPS) is 25.9. The average molecular weight is 227 g/mol. The van der Waals surface area contributed by atoms with E-state index in [2.05, 4.69) is 5.32 Å². The summed E-state index contributed by atoms with van der Waals surface area (Å²) in [6, 6.07) is -0.0545. The molecular formula is C12H21NO3. The lowest BCUT2D eigenvalue weighted by molar-refractivity contribution is -0.112. The van der Waals surface area contributed by atoms with E-state index in [9.17, 15) is 9.59 Å². The number of ether oxygens (including phenoxy) is 1. The fourth-order valence-corrected chi connectivity index (χ4v) is 1.96. The summed E-state index contributed by atoms with van der Waals surface area (Å²) in [5.41, 5.74) is -0.491. The third-order valence-corrected chi connectivity index (χ3v) is 2.70. The molecule has 4 nitrogen and oxygen atoms in total. The fourth-order valence-electron chi connectivity index (χ4n) is 1.96. The summed E-state index contributed by atoms with van der Waals surface area (Å²) in [5, 5.41) is 2.78. The topological polar surface area (TPSA) is 55.4 Å². The Morgan fingerprint density at radius 1 is 1.31 bits per heavy atom. The lowest BCUT2D eigenvalue weighted by Crippen LogP contribution is -2.44. The van der Waals surface area contributed by atoms with Crippen LogP contribution in [0.5, 0.6) is 0 Å². The number of aldehydes is 1. The van der Waals surface area contributed by atoms with Crippen LogP contribution < -0.4 is 5.32 Å². The molecule has 0 spiro atoms. The van der Waals surface area contributed by atoms with Gasteiger partial charge in [0, 0.05) is 12.0 Å². The Morgan fingerprint density at radius 2 is 1.94 bits per heavy atom. The highest BCUT2D eigenvalue weighted by Crippen LogP contribution is 2.23. The SMILES string of the molecule is CC(C)(C)OC(=O)N[C@H]1CCCCC1C=O. The van der Waals surface area contributed by atoms with Gasteiger partial charge in [0.25, 0.3) is 0 Å². The van der Waals surface area contributed by atoms with E-state index in [-0.39, 0.29) is 12.0 Å². The first kappa shape index (κ1) is 13.0. The largest absolute Gasteiger partial charge is 0.444 e. The van der Waals surface area contributed by atoms with Crippen molar-refractivity contribution in [3.8, 4) is 0 Å². The number of alkyl carbamates (subject to hydrolysis) is 1. The molecule has 0 saturated heterocycles. The number of hydrogen-bond acceptors (Lipinski definition) is 3. The van der Waals surface area contributed by atoms with E-state index in [0.29, 0.717) is 0 Å². The van der Waals surface area contributed by atoms with Gasteiger partial charge in [0.15, 0.2) is 0 Å². The number of carbonyl (C=O) groups excluding carboxylic acids is 2. The van der Waals surface area contributed by atoms with Gasteiger partial charge >= 0.3 is 6.09 Å². The number of carbonyl (C=O) groups is 2. The highest BCUT2D eigenvalue weighted by atomic mass is 16.6. The number of amides is 1. The molecule has 0 heterocycles. The maximum absolute atomic E-state index is 11.5. The molecule has 0 bridgehead atoms. The Balaban J connectivity index is 2.45. The van der Waals surface area contributed by atoms with Gasteiger partial charge < -0.3 is 14.8 Å². The lowest BCUT2D eigenvalue weighted by Gasteiger charge is -2.29. The van der Waals surface area contributed by atoms with Gasteiger partial charge in [0.1, 0.15) is 11.9 Å². The smallest absolute Gasteiger partial charge is 0.407 e. The zero-order valence-electron chi connectivity index (χ0n) is 10.3. The van der Waals surface area contributed by atoms with Gasteiger partial charge in [-0.05, 0) is 33.6 Å². The average Bonchev–Trinajstić information content (AvgIpc) is 2.15. The van der Waals surface area contributed by atoms with E-state index >= 15 is 0 Å². The summed E-state index contributed by atoms with van der Waals surface area (Å²) in [5.74, 6) is -0.0544. The second kappa shape index (κ2) is 5.32. The standard InChI is InChI=1S/C12H21NO3/c1-12(2,3)16-11(15)13-10-7-5-4-6-9(10)8-14/h8-10H,4-7H2,1-3H3,(H,13,15)/t9?,10-/m0/s1. The summed E-state index contributed by atoms with van der Waals surface area (Å²) in [7, 11) is 0. The molecule has 0 radical (unpaired) electrons. The van der Waals surface area contributed by atoms with Crippen molar-refractivity contribution in [3.05, 3.63) is 0 Å². The quantitative estimate of drug-likeness (QED) is 0.736. The molecule has 1 amide bonds. The molecule has 92 valence electrons. The summed E-state index contributed by atoms with van der Waals surface area (Å²) in [6.07, 6.45) is 4.38. The predicted molar refractivity (Wildman–Crippen MR) is 61.2 cm³/mol.